The number of carbonyl (C=O) groups excluding carboxylic acids is 1. The average Bonchev–Trinajstić information content (AvgIpc) is 2.74. The zero-order valence-corrected chi connectivity index (χ0v) is 23.2. The molecule has 0 aliphatic carbocycles. The van der Waals surface area contributed by atoms with Crippen LogP contribution in [0.4, 0.5) is 5.69 Å². The van der Waals surface area contributed by atoms with Crippen LogP contribution >= 0.6 is 12.4 Å². The number of benzene rings is 2. The van der Waals surface area contributed by atoms with E-state index in [4.69, 9.17) is 11.5 Å². The number of nitrogens with zero attached hydrogens (tertiary/aromatic N) is 2. The van der Waals surface area contributed by atoms with Crippen molar-refractivity contribution in [1.82, 2.24) is 5.32 Å². The summed E-state index contributed by atoms with van der Waals surface area (Å²) < 4.78 is 28.3. The SMILES string of the molecule is CN(c1ccc(C(=O)NCCN=C(N)N)cc1)S(=O)(=O)c1cc(C(C)(C)C)cc(C(C)(C)C)c1.Cl. The van der Waals surface area contributed by atoms with E-state index in [0.29, 0.717) is 11.3 Å². The maximum atomic E-state index is 13.6. The van der Waals surface area contributed by atoms with Crippen LogP contribution in [-0.2, 0) is 20.9 Å². The number of nitrogens with one attached hydrogen (secondary N) is 1. The molecule has 0 aliphatic rings. The number of hydrogen-bond acceptors (Lipinski definition) is 4. The van der Waals surface area contributed by atoms with Crippen molar-refractivity contribution in [2.75, 3.05) is 24.4 Å². The van der Waals surface area contributed by atoms with E-state index in [9.17, 15) is 13.2 Å². The first kappa shape index (κ1) is 30.3. The van der Waals surface area contributed by atoms with Gasteiger partial charge in [-0.05, 0) is 58.4 Å². The Balaban J connectivity index is 0.00000612. The van der Waals surface area contributed by atoms with Crippen LogP contribution in [0.2, 0.25) is 0 Å². The van der Waals surface area contributed by atoms with Gasteiger partial charge in [-0.2, -0.15) is 0 Å². The molecule has 8 nitrogen and oxygen atoms in total. The van der Waals surface area contributed by atoms with Crippen LogP contribution in [0, 0.1) is 0 Å². The van der Waals surface area contributed by atoms with Crippen molar-refractivity contribution >= 4 is 40.0 Å². The number of aliphatic imine (C=N–C) groups is 1. The number of amides is 1. The highest BCUT2D eigenvalue weighted by molar-refractivity contribution is 7.92. The van der Waals surface area contributed by atoms with Crippen molar-refractivity contribution in [3.8, 4) is 0 Å². The number of anilines is 1. The highest BCUT2D eigenvalue weighted by Crippen LogP contribution is 2.33. The molecule has 2 aromatic carbocycles. The van der Waals surface area contributed by atoms with Gasteiger partial charge < -0.3 is 16.8 Å². The summed E-state index contributed by atoms with van der Waals surface area (Å²) in [5, 5.41) is 2.71. The number of hydrogen-bond donors (Lipinski definition) is 3. The van der Waals surface area contributed by atoms with Crippen LogP contribution in [0.25, 0.3) is 0 Å². The van der Waals surface area contributed by atoms with E-state index in [1.54, 1.807) is 36.4 Å². The molecule has 2 rings (SSSR count). The molecule has 1 amide bonds. The average molecular weight is 524 g/mol. The van der Waals surface area contributed by atoms with E-state index in [0.717, 1.165) is 11.1 Å². The third kappa shape index (κ3) is 7.86. The maximum Gasteiger partial charge on any atom is 0.264 e. The molecule has 0 fully saturated rings. The Hall–Kier alpha value is -2.78. The number of carbonyl (C=O) groups is 1. The Bertz CT molecular complexity index is 1130. The van der Waals surface area contributed by atoms with Crippen molar-refractivity contribution in [1.29, 1.82) is 0 Å². The molecule has 0 heterocycles. The van der Waals surface area contributed by atoms with Gasteiger partial charge in [0.1, 0.15) is 0 Å². The van der Waals surface area contributed by atoms with Crippen molar-refractivity contribution in [2.45, 2.75) is 57.3 Å². The highest BCUT2D eigenvalue weighted by atomic mass is 35.5. The molecule has 0 spiro atoms. The van der Waals surface area contributed by atoms with Crippen molar-refractivity contribution < 1.29 is 13.2 Å². The summed E-state index contributed by atoms with van der Waals surface area (Å²) in [4.78, 5) is 16.4. The fourth-order valence-corrected chi connectivity index (χ4v) is 4.46. The quantitative estimate of drug-likeness (QED) is 0.290. The summed E-state index contributed by atoms with van der Waals surface area (Å²) >= 11 is 0. The van der Waals surface area contributed by atoms with Crippen LogP contribution in [-0.4, -0.2) is 40.4 Å². The Kier molecular flexibility index (Phi) is 9.77. The molecular formula is C25H38ClN5O3S. The fourth-order valence-electron chi connectivity index (χ4n) is 3.19. The lowest BCUT2D eigenvalue weighted by atomic mass is 9.81. The van der Waals surface area contributed by atoms with Gasteiger partial charge in [0.25, 0.3) is 15.9 Å². The van der Waals surface area contributed by atoms with Crippen LogP contribution < -0.4 is 21.1 Å². The zero-order valence-electron chi connectivity index (χ0n) is 21.5. The predicted octanol–water partition coefficient (Wildman–Crippen LogP) is 3.53. The van der Waals surface area contributed by atoms with Gasteiger partial charge in [-0.3, -0.25) is 14.1 Å². The van der Waals surface area contributed by atoms with Gasteiger partial charge in [0.05, 0.1) is 17.1 Å². The van der Waals surface area contributed by atoms with Gasteiger partial charge >= 0.3 is 0 Å². The Morgan fingerprint density at radius 1 is 0.943 bits per heavy atom. The minimum Gasteiger partial charge on any atom is -0.370 e. The van der Waals surface area contributed by atoms with E-state index < -0.39 is 10.0 Å². The molecule has 0 radical (unpaired) electrons. The second-order valence-electron chi connectivity index (χ2n) is 10.3. The summed E-state index contributed by atoms with van der Waals surface area (Å²) in [6.45, 7) is 13.0. The predicted molar refractivity (Wildman–Crippen MR) is 146 cm³/mol. The van der Waals surface area contributed by atoms with E-state index in [1.165, 1.54) is 11.4 Å². The lowest BCUT2D eigenvalue weighted by Gasteiger charge is -2.27. The third-order valence-electron chi connectivity index (χ3n) is 5.48. The Morgan fingerprint density at radius 2 is 1.43 bits per heavy atom. The van der Waals surface area contributed by atoms with Gasteiger partial charge in [0.2, 0.25) is 0 Å². The minimum absolute atomic E-state index is 0. The summed E-state index contributed by atoms with van der Waals surface area (Å²) in [6, 6.07) is 12.0. The fraction of sp³-hybridized carbons (Fsp3) is 0.440. The Morgan fingerprint density at radius 3 is 1.86 bits per heavy atom. The molecule has 0 aliphatic heterocycles. The minimum atomic E-state index is -3.82. The molecular weight excluding hydrogens is 486 g/mol. The topological polar surface area (TPSA) is 131 Å². The lowest BCUT2D eigenvalue weighted by Crippen LogP contribution is -2.29. The summed E-state index contributed by atoms with van der Waals surface area (Å²) in [7, 11) is -2.31. The summed E-state index contributed by atoms with van der Waals surface area (Å²) in [5.41, 5.74) is 12.9. The summed E-state index contributed by atoms with van der Waals surface area (Å²) in [5.74, 6) is -0.332. The van der Waals surface area contributed by atoms with Crippen molar-refractivity contribution in [3.05, 3.63) is 59.2 Å². The molecule has 2 aromatic rings. The van der Waals surface area contributed by atoms with Crippen molar-refractivity contribution in [2.24, 2.45) is 16.5 Å². The third-order valence-corrected chi connectivity index (χ3v) is 7.25. The molecule has 0 saturated carbocycles. The zero-order chi connectivity index (χ0) is 25.9. The monoisotopic (exact) mass is 523 g/mol. The largest absolute Gasteiger partial charge is 0.370 e. The molecule has 194 valence electrons. The first-order chi connectivity index (χ1) is 15.5. The van der Waals surface area contributed by atoms with E-state index in [1.807, 2.05) is 0 Å². The van der Waals surface area contributed by atoms with Gasteiger partial charge in [-0.1, -0.05) is 47.6 Å². The first-order valence-corrected chi connectivity index (χ1v) is 12.6. The number of halogens is 1. The van der Waals surface area contributed by atoms with Crippen LogP contribution in [0.1, 0.15) is 63.0 Å². The number of sulfonamides is 1. The first-order valence-electron chi connectivity index (χ1n) is 11.1. The standard InChI is InChI=1S/C25H37N5O3S.ClH/c1-24(2,3)18-14-19(25(4,5)6)16-21(15-18)34(32,33)30(7)20-10-8-17(9-11-20)22(31)28-12-13-29-23(26)27;/h8-11,14-16H,12-13H2,1-7H3,(H,28,31)(H4,26,27,29);1H. The molecule has 0 atom stereocenters. The number of guanidine groups is 1. The van der Waals surface area contributed by atoms with E-state index in [2.05, 4.69) is 57.9 Å². The van der Waals surface area contributed by atoms with E-state index in [-0.39, 0.29) is 53.1 Å². The Labute approximate surface area is 215 Å². The van der Waals surface area contributed by atoms with Gasteiger partial charge in [0.15, 0.2) is 5.96 Å². The van der Waals surface area contributed by atoms with Crippen LogP contribution in [0.5, 0.6) is 0 Å². The normalized spacial score (nSPS) is 11.9. The van der Waals surface area contributed by atoms with Crippen LogP contribution in [0.3, 0.4) is 0 Å². The van der Waals surface area contributed by atoms with Gasteiger partial charge in [-0.25, -0.2) is 8.42 Å². The van der Waals surface area contributed by atoms with Gasteiger partial charge in [0, 0.05) is 19.2 Å². The highest BCUT2D eigenvalue weighted by Gasteiger charge is 2.27. The second-order valence-corrected chi connectivity index (χ2v) is 12.3. The second kappa shape index (κ2) is 11.3. The number of rotatable bonds is 7. The maximum absolute atomic E-state index is 13.6. The number of nitrogens with two attached hydrogens (primary N) is 2. The smallest absolute Gasteiger partial charge is 0.264 e. The van der Waals surface area contributed by atoms with Crippen molar-refractivity contribution in [3.63, 3.8) is 0 Å². The molecule has 10 heteroatoms. The summed E-state index contributed by atoms with van der Waals surface area (Å²) in [6.07, 6.45) is 0. The molecule has 35 heavy (non-hydrogen) atoms. The van der Waals surface area contributed by atoms with E-state index >= 15 is 0 Å². The molecule has 0 aromatic heterocycles. The van der Waals surface area contributed by atoms with Gasteiger partial charge in [-0.15, -0.1) is 12.4 Å². The molecule has 5 N–H and O–H groups in total. The lowest BCUT2D eigenvalue weighted by molar-refractivity contribution is 0.0955. The van der Waals surface area contributed by atoms with Crippen LogP contribution in [0.15, 0.2) is 52.4 Å². The molecule has 0 unspecified atom stereocenters. The molecule has 0 bridgehead atoms. The molecule has 0 saturated heterocycles.